The summed E-state index contributed by atoms with van der Waals surface area (Å²) < 4.78 is 0. The van der Waals surface area contributed by atoms with Crippen LogP contribution in [0.2, 0.25) is 0 Å². The molecule has 0 bridgehead atoms. The highest BCUT2D eigenvalue weighted by atomic mass is 16.1. The molecule has 0 radical (unpaired) electrons. The molecule has 1 amide bonds. The number of pyridine rings is 1. The number of anilines is 3. The van der Waals surface area contributed by atoms with E-state index in [1.807, 2.05) is 60.7 Å². The normalized spacial score (nSPS) is 10.3. The van der Waals surface area contributed by atoms with Crippen molar-refractivity contribution in [2.24, 2.45) is 0 Å². The molecule has 0 fully saturated rings. The van der Waals surface area contributed by atoms with Gasteiger partial charge >= 0.3 is 0 Å². The Balaban J connectivity index is 1.59. The Bertz CT molecular complexity index is 817. The first-order valence-corrected chi connectivity index (χ1v) is 8.88. The zero-order chi connectivity index (χ0) is 18.2. The lowest BCUT2D eigenvalue weighted by atomic mass is 10.1. The average molecular weight is 345 g/mol. The molecule has 0 unspecified atom stereocenters. The van der Waals surface area contributed by atoms with E-state index < -0.39 is 0 Å². The zero-order valence-electron chi connectivity index (χ0n) is 14.9. The number of aryl methyl sites for hydroxylation is 1. The summed E-state index contributed by atoms with van der Waals surface area (Å²) in [7, 11) is 0. The molecule has 3 aromatic rings. The minimum Gasteiger partial charge on any atom is -0.341 e. The van der Waals surface area contributed by atoms with E-state index in [1.165, 1.54) is 0 Å². The van der Waals surface area contributed by atoms with Crippen molar-refractivity contribution in [1.29, 1.82) is 0 Å². The second-order valence-electron chi connectivity index (χ2n) is 6.02. The molecule has 2 aromatic carbocycles. The van der Waals surface area contributed by atoms with Crippen LogP contribution in [0.5, 0.6) is 0 Å². The van der Waals surface area contributed by atoms with Gasteiger partial charge in [0.2, 0.25) is 5.91 Å². The van der Waals surface area contributed by atoms with E-state index in [2.05, 4.69) is 34.3 Å². The van der Waals surface area contributed by atoms with Crippen LogP contribution in [0.15, 0.2) is 79.0 Å². The maximum absolute atomic E-state index is 12.1. The quantitative estimate of drug-likeness (QED) is 0.668. The van der Waals surface area contributed by atoms with Crippen LogP contribution in [0.25, 0.3) is 0 Å². The molecule has 0 aliphatic rings. The van der Waals surface area contributed by atoms with E-state index >= 15 is 0 Å². The summed E-state index contributed by atoms with van der Waals surface area (Å²) in [6.45, 7) is 2.95. The number of carbonyl (C=O) groups is 1. The second kappa shape index (κ2) is 8.81. The monoisotopic (exact) mass is 345 g/mol. The van der Waals surface area contributed by atoms with Gasteiger partial charge in [-0.25, -0.2) is 4.98 Å². The van der Waals surface area contributed by atoms with Crippen LogP contribution in [-0.2, 0) is 11.2 Å². The summed E-state index contributed by atoms with van der Waals surface area (Å²) >= 11 is 0. The molecule has 3 rings (SSSR count). The van der Waals surface area contributed by atoms with Crippen LogP contribution in [0.1, 0.15) is 18.9 Å². The Kier molecular flexibility index (Phi) is 5.99. The number of aromatic nitrogens is 1. The number of benzene rings is 2. The Morgan fingerprint density at radius 1 is 0.923 bits per heavy atom. The molecule has 0 saturated carbocycles. The average Bonchev–Trinajstić information content (AvgIpc) is 2.70. The predicted octanol–water partition coefficient (Wildman–Crippen LogP) is 4.81. The molecule has 0 spiro atoms. The highest BCUT2D eigenvalue weighted by Crippen LogP contribution is 2.24. The summed E-state index contributed by atoms with van der Waals surface area (Å²) in [5, 5.41) is 2.87. The standard InChI is InChI=1S/C22H23N3O/c1-2-25(19-11-7-4-8-12-19)20-14-15-21(23-17-20)24-22(26)16-13-18-9-5-3-6-10-18/h3-12,14-15,17H,2,13,16H2,1H3,(H,23,24,26). The Hall–Kier alpha value is -3.14. The largest absolute Gasteiger partial charge is 0.341 e. The summed E-state index contributed by atoms with van der Waals surface area (Å²) in [6.07, 6.45) is 2.96. The molecular weight excluding hydrogens is 322 g/mol. The third kappa shape index (κ3) is 4.70. The van der Waals surface area contributed by atoms with Gasteiger partial charge in [0.05, 0.1) is 11.9 Å². The maximum atomic E-state index is 12.1. The van der Waals surface area contributed by atoms with Crippen LogP contribution in [-0.4, -0.2) is 17.4 Å². The first-order chi connectivity index (χ1) is 12.8. The van der Waals surface area contributed by atoms with E-state index in [0.29, 0.717) is 12.2 Å². The third-order valence-corrected chi connectivity index (χ3v) is 4.19. The summed E-state index contributed by atoms with van der Waals surface area (Å²) in [4.78, 5) is 18.7. The Morgan fingerprint density at radius 3 is 2.23 bits per heavy atom. The molecule has 1 aromatic heterocycles. The molecule has 1 N–H and O–H groups in total. The van der Waals surface area contributed by atoms with Crippen LogP contribution in [0.3, 0.4) is 0 Å². The fraction of sp³-hybridized carbons (Fsp3) is 0.182. The molecule has 0 saturated heterocycles. The highest BCUT2D eigenvalue weighted by Gasteiger charge is 2.08. The fourth-order valence-corrected chi connectivity index (χ4v) is 2.85. The van der Waals surface area contributed by atoms with Crippen molar-refractivity contribution in [3.05, 3.63) is 84.6 Å². The molecule has 0 atom stereocenters. The van der Waals surface area contributed by atoms with Gasteiger partial charge < -0.3 is 10.2 Å². The number of nitrogens with one attached hydrogen (secondary N) is 1. The number of nitrogens with zero attached hydrogens (tertiary/aromatic N) is 2. The van der Waals surface area contributed by atoms with Gasteiger partial charge in [-0.3, -0.25) is 4.79 Å². The van der Waals surface area contributed by atoms with Crippen molar-refractivity contribution in [3.8, 4) is 0 Å². The van der Waals surface area contributed by atoms with E-state index in [4.69, 9.17) is 0 Å². The SMILES string of the molecule is CCN(c1ccccc1)c1ccc(NC(=O)CCc2ccccc2)nc1. The van der Waals surface area contributed by atoms with E-state index in [-0.39, 0.29) is 5.91 Å². The van der Waals surface area contributed by atoms with Gasteiger partial charge in [-0.15, -0.1) is 0 Å². The van der Waals surface area contributed by atoms with Gasteiger partial charge in [0.1, 0.15) is 5.82 Å². The van der Waals surface area contributed by atoms with E-state index in [9.17, 15) is 4.79 Å². The molecule has 4 nitrogen and oxygen atoms in total. The number of hydrogen-bond acceptors (Lipinski definition) is 3. The molecule has 0 aliphatic heterocycles. The summed E-state index contributed by atoms with van der Waals surface area (Å²) in [6, 6.07) is 24.0. The van der Waals surface area contributed by atoms with Gasteiger partial charge in [0.25, 0.3) is 0 Å². The second-order valence-corrected chi connectivity index (χ2v) is 6.02. The minimum atomic E-state index is -0.0236. The van der Waals surface area contributed by atoms with Crippen molar-refractivity contribution in [2.75, 3.05) is 16.8 Å². The molecular formula is C22H23N3O. The van der Waals surface area contributed by atoms with E-state index in [1.54, 1.807) is 6.20 Å². The number of rotatable bonds is 7. The van der Waals surface area contributed by atoms with Crippen LogP contribution in [0.4, 0.5) is 17.2 Å². The van der Waals surface area contributed by atoms with Gasteiger partial charge in [0.15, 0.2) is 0 Å². The molecule has 0 aliphatic carbocycles. The van der Waals surface area contributed by atoms with Crippen molar-refractivity contribution >= 4 is 23.1 Å². The molecule has 4 heteroatoms. The molecule has 1 heterocycles. The lowest BCUT2D eigenvalue weighted by Gasteiger charge is -2.23. The van der Waals surface area contributed by atoms with Crippen molar-refractivity contribution in [1.82, 2.24) is 4.98 Å². The van der Waals surface area contributed by atoms with Crippen molar-refractivity contribution in [3.63, 3.8) is 0 Å². The first kappa shape index (κ1) is 17.7. The topological polar surface area (TPSA) is 45.2 Å². The van der Waals surface area contributed by atoms with Gasteiger partial charge in [0, 0.05) is 18.7 Å². The smallest absolute Gasteiger partial charge is 0.225 e. The van der Waals surface area contributed by atoms with Gasteiger partial charge in [-0.1, -0.05) is 48.5 Å². The van der Waals surface area contributed by atoms with Crippen LogP contribution < -0.4 is 10.2 Å². The van der Waals surface area contributed by atoms with Crippen molar-refractivity contribution < 1.29 is 4.79 Å². The number of amides is 1. The lowest BCUT2D eigenvalue weighted by Crippen LogP contribution is -2.17. The van der Waals surface area contributed by atoms with Crippen LogP contribution in [0, 0.1) is 0 Å². The number of para-hydroxylation sites is 1. The fourth-order valence-electron chi connectivity index (χ4n) is 2.85. The molecule has 26 heavy (non-hydrogen) atoms. The Morgan fingerprint density at radius 2 is 1.62 bits per heavy atom. The Labute approximate surface area is 154 Å². The number of carbonyl (C=O) groups excluding carboxylic acids is 1. The first-order valence-electron chi connectivity index (χ1n) is 8.88. The van der Waals surface area contributed by atoms with Crippen LogP contribution >= 0.6 is 0 Å². The summed E-state index contributed by atoms with van der Waals surface area (Å²) in [5.74, 6) is 0.556. The summed E-state index contributed by atoms with van der Waals surface area (Å²) in [5.41, 5.74) is 3.28. The van der Waals surface area contributed by atoms with E-state index in [0.717, 1.165) is 29.9 Å². The third-order valence-electron chi connectivity index (χ3n) is 4.19. The van der Waals surface area contributed by atoms with Gasteiger partial charge in [-0.05, 0) is 43.2 Å². The number of hydrogen-bond donors (Lipinski definition) is 1. The lowest BCUT2D eigenvalue weighted by molar-refractivity contribution is -0.116. The highest BCUT2D eigenvalue weighted by molar-refractivity contribution is 5.90. The minimum absolute atomic E-state index is 0.0236. The zero-order valence-corrected chi connectivity index (χ0v) is 14.9. The van der Waals surface area contributed by atoms with Gasteiger partial charge in [-0.2, -0.15) is 0 Å². The maximum Gasteiger partial charge on any atom is 0.225 e. The predicted molar refractivity (Wildman–Crippen MR) is 107 cm³/mol. The van der Waals surface area contributed by atoms with Crippen molar-refractivity contribution in [2.45, 2.75) is 19.8 Å². The molecule has 132 valence electrons.